The zero-order valence-electron chi connectivity index (χ0n) is 2.65. The number of hydrogen-bond acceptors (Lipinski definition) is 1. The minimum absolute atomic E-state index is 0.653. The molecule has 0 aromatic heterocycles. The molecule has 0 aromatic rings. The van der Waals surface area contributed by atoms with Gasteiger partial charge in [-0.3, -0.25) is 0 Å². The molecular formula is C3H3N2. The molecule has 0 saturated carbocycles. The molecule has 1 aliphatic heterocycles. The third-order valence-electron chi connectivity index (χ3n) is 0.381. The second-order valence-electron chi connectivity index (χ2n) is 0.730. The molecule has 25 valence electrons. The van der Waals surface area contributed by atoms with Gasteiger partial charge in [0.05, 0.1) is 6.04 Å². The average molecular weight is 67.1 g/mol. The minimum Gasteiger partial charge on any atom is -0.323 e. The van der Waals surface area contributed by atoms with E-state index in [-0.39, 0.29) is 0 Å². The van der Waals surface area contributed by atoms with Crippen LogP contribution in [0.2, 0.25) is 0 Å². The fraction of sp³-hybridized carbons (Fsp3) is 0.333. The van der Waals surface area contributed by atoms with Gasteiger partial charge in [-0.25, -0.2) is 5.32 Å². The second-order valence-corrected chi connectivity index (χ2v) is 0.730. The fourth-order valence-corrected chi connectivity index (χ4v) is 0.198. The molecule has 5 heavy (non-hydrogen) atoms. The Hall–Kier alpha value is -0.840. The second kappa shape index (κ2) is 0.852. The van der Waals surface area contributed by atoms with Crippen molar-refractivity contribution in [1.82, 2.24) is 10.6 Å². The zero-order chi connectivity index (χ0) is 3.54. The Labute approximate surface area is 30.6 Å². The lowest BCUT2D eigenvalue weighted by atomic mass is 11.1. The van der Waals surface area contributed by atoms with Crippen LogP contribution in [-0.4, -0.2) is 6.67 Å². The van der Waals surface area contributed by atoms with Gasteiger partial charge >= 0.3 is 0 Å². The van der Waals surface area contributed by atoms with E-state index in [1.807, 2.05) is 0 Å². The number of nitrogens with zero attached hydrogens (tertiary/aromatic N) is 1. The van der Waals surface area contributed by atoms with Gasteiger partial charge in [0.25, 0.3) is 0 Å². The molecule has 0 unspecified atom stereocenters. The smallest absolute Gasteiger partial charge is 0.124 e. The number of rotatable bonds is 0. The molecule has 2 nitrogen and oxygen atoms in total. The highest BCUT2D eigenvalue weighted by Gasteiger charge is 1.79. The zero-order valence-corrected chi connectivity index (χ0v) is 2.65. The van der Waals surface area contributed by atoms with Crippen molar-refractivity contribution in [2.75, 3.05) is 6.67 Å². The summed E-state index contributed by atoms with van der Waals surface area (Å²) in [5, 5.41) is 6.31. The van der Waals surface area contributed by atoms with Gasteiger partial charge in [0.15, 0.2) is 0 Å². The first-order valence-corrected chi connectivity index (χ1v) is 1.39. The third-order valence-corrected chi connectivity index (χ3v) is 0.381. The van der Waals surface area contributed by atoms with Gasteiger partial charge in [0.2, 0.25) is 0 Å². The van der Waals surface area contributed by atoms with E-state index in [0.29, 0.717) is 6.67 Å². The van der Waals surface area contributed by atoms with Crippen LogP contribution >= 0.6 is 0 Å². The lowest BCUT2D eigenvalue weighted by Gasteiger charge is -1.76. The van der Waals surface area contributed by atoms with Crippen molar-refractivity contribution in [3.63, 3.8) is 0 Å². The molecule has 0 aromatic carbocycles. The monoisotopic (exact) mass is 67.0 g/mol. The average Bonchev–Trinajstić information content (AvgIpc) is 1.76. The van der Waals surface area contributed by atoms with E-state index in [9.17, 15) is 0 Å². The van der Waals surface area contributed by atoms with E-state index in [1.165, 1.54) is 0 Å². The van der Waals surface area contributed by atoms with E-state index >= 15 is 0 Å². The van der Waals surface area contributed by atoms with Crippen LogP contribution in [-0.2, 0) is 0 Å². The maximum atomic E-state index is 3.61. The Morgan fingerprint density at radius 3 is 3.00 bits per heavy atom. The van der Waals surface area contributed by atoms with Crippen molar-refractivity contribution in [3.05, 3.63) is 0 Å². The molecule has 2 heteroatoms. The van der Waals surface area contributed by atoms with Crippen LogP contribution in [0.1, 0.15) is 0 Å². The molecule has 1 rings (SSSR count). The Morgan fingerprint density at radius 2 is 2.80 bits per heavy atom. The Balaban J connectivity index is 2.42. The van der Waals surface area contributed by atoms with Gasteiger partial charge in [0, 0.05) is 6.04 Å². The quantitative estimate of drug-likeness (QED) is 0.364. The lowest BCUT2D eigenvalue weighted by molar-refractivity contribution is 0.836. The molecule has 1 radical (unpaired) electrons. The van der Waals surface area contributed by atoms with Gasteiger partial charge in [-0.2, -0.15) is 0 Å². The summed E-state index contributed by atoms with van der Waals surface area (Å²) in [6.45, 7) is 0.653. The molecule has 0 fully saturated rings. The van der Waals surface area contributed by atoms with Crippen LogP contribution in [0.3, 0.4) is 0 Å². The highest BCUT2D eigenvalue weighted by molar-refractivity contribution is 4.98. The Morgan fingerprint density at radius 1 is 1.80 bits per heavy atom. The first-order valence-electron chi connectivity index (χ1n) is 1.39. The molecular weight excluding hydrogens is 64.0 g/mol. The van der Waals surface area contributed by atoms with Crippen LogP contribution in [0, 0.1) is 12.1 Å². The highest BCUT2D eigenvalue weighted by Crippen LogP contribution is 1.56. The SMILES string of the molecule is C1#CNC[N]1. The topological polar surface area (TPSA) is 26.1 Å². The van der Waals surface area contributed by atoms with Crippen molar-refractivity contribution < 1.29 is 0 Å². The summed E-state index contributed by atoms with van der Waals surface area (Å²) in [6.07, 6.45) is 0. The predicted molar refractivity (Wildman–Crippen MR) is 17.9 cm³/mol. The fourth-order valence-electron chi connectivity index (χ4n) is 0.198. The highest BCUT2D eigenvalue weighted by atomic mass is 15.1. The lowest BCUT2D eigenvalue weighted by Crippen LogP contribution is -2.06. The summed E-state index contributed by atoms with van der Waals surface area (Å²) in [7, 11) is 0. The largest absolute Gasteiger partial charge is 0.323 e. The number of hydrogen-bond donors (Lipinski definition) is 1. The van der Waals surface area contributed by atoms with E-state index in [1.54, 1.807) is 0 Å². The molecule has 0 atom stereocenters. The first kappa shape index (κ1) is 2.40. The van der Waals surface area contributed by atoms with Crippen molar-refractivity contribution in [2.45, 2.75) is 0 Å². The Kier molecular flexibility index (Phi) is 0.409. The standard InChI is InChI=1S/C3H3N2/c1-2-5-3-4-1/h4H,3H2. The van der Waals surface area contributed by atoms with E-state index in [4.69, 9.17) is 0 Å². The van der Waals surface area contributed by atoms with Gasteiger partial charge < -0.3 is 5.32 Å². The van der Waals surface area contributed by atoms with Crippen LogP contribution in [0.5, 0.6) is 0 Å². The van der Waals surface area contributed by atoms with E-state index in [2.05, 4.69) is 22.7 Å². The Bertz CT molecular complexity index is 68.6. The molecule has 1 N–H and O–H groups in total. The summed E-state index contributed by atoms with van der Waals surface area (Å²) in [4.78, 5) is 0. The normalized spacial score (nSPS) is 14.4. The number of nitrogens with one attached hydrogen (secondary N) is 1. The first-order chi connectivity index (χ1) is 2.50. The van der Waals surface area contributed by atoms with Gasteiger partial charge in [0.1, 0.15) is 6.67 Å². The molecule has 1 heterocycles. The summed E-state index contributed by atoms with van der Waals surface area (Å²) >= 11 is 0. The molecule has 0 bridgehead atoms. The predicted octanol–water partition coefficient (Wildman–Crippen LogP) is -0.930. The van der Waals surface area contributed by atoms with Crippen molar-refractivity contribution in [2.24, 2.45) is 0 Å². The maximum absolute atomic E-state index is 3.61. The minimum atomic E-state index is 0.653. The maximum Gasteiger partial charge on any atom is 0.124 e. The summed E-state index contributed by atoms with van der Waals surface area (Å²) in [6, 6.07) is 5.04. The third kappa shape index (κ3) is 0.246. The molecule has 0 aliphatic carbocycles. The van der Waals surface area contributed by atoms with Crippen molar-refractivity contribution >= 4 is 0 Å². The molecule has 0 amide bonds. The van der Waals surface area contributed by atoms with Crippen molar-refractivity contribution in [3.8, 4) is 12.1 Å². The van der Waals surface area contributed by atoms with Crippen LogP contribution in [0.15, 0.2) is 0 Å². The van der Waals surface area contributed by atoms with Crippen LogP contribution in [0.25, 0.3) is 0 Å². The summed E-state index contributed by atoms with van der Waals surface area (Å²) < 4.78 is 0. The van der Waals surface area contributed by atoms with E-state index < -0.39 is 0 Å². The van der Waals surface area contributed by atoms with Crippen molar-refractivity contribution in [1.29, 1.82) is 0 Å². The molecule has 0 spiro atoms. The van der Waals surface area contributed by atoms with Gasteiger partial charge in [-0.1, -0.05) is 0 Å². The van der Waals surface area contributed by atoms with Gasteiger partial charge in [-0.15, -0.1) is 0 Å². The van der Waals surface area contributed by atoms with Gasteiger partial charge in [-0.05, 0) is 0 Å². The molecule has 0 saturated heterocycles. The summed E-state index contributed by atoms with van der Waals surface area (Å²) in [5.41, 5.74) is 0. The summed E-state index contributed by atoms with van der Waals surface area (Å²) in [5.74, 6) is 0. The van der Waals surface area contributed by atoms with Crippen LogP contribution < -0.4 is 10.6 Å². The van der Waals surface area contributed by atoms with Crippen LogP contribution in [0.4, 0.5) is 0 Å². The molecule has 1 aliphatic rings. The van der Waals surface area contributed by atoms with E-state index in [0.717, 1.165) is 0 Å².